The maximum atomic E-state index is 12.2. The summed E-state index contributed by atoms with van der Waals surface area (Å²) in [6.07, 6.45) is 0.771. The lowest BCUT2D eigenvalue weighted by Crippen LogP contribution is -2.39. The Balaban J connectivity index is 2.25. The largest absolute Gasteiger partial charge is 0.464 e. The normalized spacial score (nSPS) is 17.3. The van der Waals surface area contributed by atoms with Gasteiger partial charge in [0.2, 0.25) is 6.62 Å². The molecule has 0 aromatic rings. The summed E-state index contributed by atoms with van der Waals surface area (Å²) in [5.74, 6) is 0.453. The van der Waals surface area contributed by atoms with Gasteiger partial charge in [-0.3, -0.25) is 9.69 Å². The van der Waals surface area contributed by atoms with Crippen molar-refractivity contribution in [2.45, 2.75) is 20.3 Å². The minimum atomic E-state index is -1.78. The molecule has 22 heavy (non-hydrogen) atoms. The lowest BCUT2D eigenvalue weighted by atomic mass is 9.89. The van der Waals surface area contributed by atoms with E-state index >= 15 is 0 Å². The first-order valence-corrected chi connectivity index (χ1v) is 11.8. The number of hydrogen-bond acceptors (Lipinski definition) is 7. The van der Waals surface area contributed by atoms with Crippen LogP contribution in [0.1, 0.15) is 20.3 Å². The molecule has 0 atom stereocenters. The van der Waals surface area contributed by atoms with E-state index in [0.29, 0.717) is 12.4 Å². The Morgan fingerprint density at radius 3 is 2.59 bits per heavy atom. The van der Waals surface area contributed by atoms with Crippen molar-refractivity contribution in [2.24, 2.45) is 10.4 Å². The lowest BCUT2D eigenvalue weighted by Gasteiger charge is -2.30. The molecular formula is C14H28N2O4PS+. The minimum Gasteiger partial charge on any atom is -0.464 e. The summed E-state index contributed by atoms with van der Waals surface area (Å²) in [6, 6.07) is 0. The van der Waals surface area contributed by atoms with E-state index in [0.717, 1.165) is 39.3 Å². The predicted octanol–water partition coefficient (Wildman–Crippen LogP) is 2.88. The molecule has 1 aliphatic heterocycles. The van der Waals surface area contributed by atoms with Crippen molar-refractivity contribution in [2.75, 3.05) is 58.5 Å². The maximum absolute atomic E-state index is 12.2. The number of esters is 1. The molecule has 0 radical (unpaired) electrons. The van der Waals surface area contributed by atoms with Crippen LogP contribution in [0.2, 0.25) is 0 Å². The first-order chi connectivity index (χ1) is 10.3. The van der Waals surface area contributed by atoms with E-state index in [1.807, 2.05) is 27.2 Å². The standard InChI is InChI=1S/C14H28N2O4PS/c1-14(2,5-6-16-7-9-19-10-8-16)13(17)20-11-12-22-21(3,4)15-18/h5-12H2,1-4H3/q+1. The highest BCUT2D eigenvalue weighted by Crippen LogP contribution is 2.64. The van der Waals surface area contributed by atoms with Crippen molar-refractivity contribution in [3.63, 3.8) is 0 Å². The van der Waals surface area contributed by atoms with Gasteiger partial charge in [-0.2, -0.15) is 0 Å². The van der Waals surface area contributed by atoms with Gasteiger partial charge in [0.25, 0.3) is 0 Å². The molecule has 0 N–H and O–H groups in total. The third-order valence-corrected chi connectivity index (χ3v) is 7.65. The van der Waals surface area contributed by atoms with Gasteiger partial charge in [0.15, 0.2) is 0 Å². The predicted molar refractivity (Wildman–Crippen MR) is 93.6 cm³/mol. The molecule has 0 aromatic carbocycles. The van der Waals surface area contributed by atoms with Crippen LogP contribution in [0.25, 0.3) is 0 Å². The summed E-state index contributed by atoms with van der Waals surface area (Å²) in [6.45, 7) is 10.4. The molecule has 1 aliphatic rings. The Morgan fingerprint density at radius 2 is 2.00 bits per heavy atom. The van der Waals surface area contributed by atoms with Crippen molar-refractivity contribution < 1.29 is 14.3 Å². The van der Waals surface area contributed by atoms with Gasteiger partial charge in [-0.05, 0) is 26.8 Å². The van der Waals surface area contributed by atoms with Crippen LogP contribution in [0.3, 0.4) is 0 Å². The van der Waals surface area contributed by atoms with Crippen molar-refractivity contribution >= 4 is 24.0 Å². The molecule has 0 spiro atoms. The molecule has 8 heteroatoms. The highest BCUT2D eigenvalue weighted by molar-refractivity contribution is 8.61. The fourth-order valence-electron chi connectivity index (χ4n) is 1.98. The van der Waals surface area contributed by atoms with Gasteiger partial charge in [0.1, 0.15) is 11.6 Å². The van der Waals surface area contributed by atoms with Crippen LogP contribution in [0.15, 0.2) is 4.95 Å². The van der Waals surface area contributed by atoms with E-state index in [1.165, 1.54) is 11.4 Å². The van der Waals surface area contributed by atoms with Crippen LogP contribution in [0, 0.1) is 10.3 Å². The van der Waals surface area contributed by atoms with E-state index < -0.39 is 12.0 Å². The summed E-state index contributed by atoms with van der Waals surface area (Å²) in [5, 5.41) is 0. The quantitative estimate of drug-likeness (QED) is 0.275. The zero-order valence-electron chi connectivity index (χ0n) is 14.0. The molecule has 0 saturated carbocycles. The minimum absolute atomic E-state index is 0.170. The van der Waals surface area contributed by atoms with Crippen molar-refractivity contribution in [1.29, 1.82) is 0 Å². The van der Waals surface area contributed by atoms with Crippen LogP contribution in [0.5, 0.6) is 0 Å². The van der Waals surface area contributed by atoms with Gasteiger partial charge >= 0.3 is 5.97 Å². The summed E-state index contributed by atoms with van der Waals surface area (Å²) >= 11 is 1.50. The number of nitroso groups, excluding NO2 is 1. The Bertz CT molecular complexity index is 374. The van der Waals surface area contributed by atoms with Crippen molar-refractivity contribution in [3.8, 4) is 0 Å². The number of ether oxygens (including phenoxy) is 2. The molecule has 6 nitrogen and oxygen atoms in total. The fourth-order valence-corrected chi connectivity index (χ4v) is 4.34. The average Bonchev–Trinajstić information content (AvgIpc) is 2.50. The second-order valence-electron chi connectivity index (χ2n) is 6.43. The molecule has 0 bridgehead atoms. The molecule has 1 saturated heterocycles. The van der Waals surface area contributed by atoms with E-state index in [1.54, 1.807) is 0 Å². The number of hydrogen-bond donors (Lipinski definition) is 0. The second-order valence-corrected chi connectivity index (χ2v) is 13.3. The summed E-state index contributed by atoms with van der Waals surface area (Å²) < 4.78 is 10.7. The molecular weight excluding hydrogens is 323 g/mol. The van der Waals surface area contributed by atoms with Gasteiger partial charge in [0.05, 0.1) is 49.1 Å². The van der Waals surface area contributed by atoms with Crippen molar-refractivity contribution in [1.82, 2.24) is 4.90 Å². The summed E-state index contributed by atoms with van der Waals surface area (Å²) in [4.78, 5) is 28.2. The average molecular weight is 351 g/mol. The highest BCUT2D eigenvalue weighted by Gasteiger charge is 2.32. The molecule has 128 valence electrons. The number of nitrogens with zero attached hydrogens (tertiary/aromatic N) is 2. The van der Waals surface area contributed by atoms with Gasteiger partial charge in [-0.15, -0.1) is 4.91 Å². The topological polar surface area (TPSA) is 68.2 Å². The number of rotatable bonds is 9. The maximum Gasteiger partial charge on any atom is 0.311 e. The molecule has 0 unspecified atom stereocenters. The second kappa shape index (κ2) is 9.16. The Kier molecular flexibility index (Phi) is 8.25. The summed E-state index contributed by atoms with van der Waals surface area (Å²) in [7, 11) is 0. The molecule has 0 aliphatic carbocycles. The first-order valence-electron chi connectivity index (χ1n) is 7.57. The Morgan fingerprint density at radius 1 is 1.36 bits per heavy atom. The highest BCUT2D eigenvalue weighted by atomic mass is 32.7. The van der Waals surface area contributed by atoms with Crippen LogP contribution >= 0.6 is 18.0 Å². The molecule has 1 fully saturated rings. The van der Waals surface area contributed by atoms with Gasteiger partial charge in [-0.1, -0.05) is 0 Å². The van der Waals surface area contributed by atoms with E-state index in [9.17, 15) is 9.70 Å². The number of carbonyl (C=O) groups excluding carboxylic acids is 1. The zero-order valence-corrected chi connectivity index (χ0v) is 15.8. The van der Waals surface area contributed by atoms with Gasteiger partial charge < -0.3 is 9.47 Å². The third kappa shape index (κ3) is 7.36. The molecule has 1 heterocycles. The zero-order chi connectivity index (χ0) is 16.6. The van der Waals surface area contributed by atoms with Gasteiger partial charge in [-0.25, -0.2) is 0 Å². The van der Waals surface area contributed by atoms with Crippen LogP contribution in [-0.2, 0) is 14.3 Å². The number of morpholine rings is 1. The summed E-state index contributed by atoms with van der Waals surface area (Å²) in [5.41, 5.74) is -0.490. The Labute approximate surface area is 137 Å². The SMILES string of the molecule is CC(C)(CCN1CCOCC1)C(=O)OCCS[P+](C)(C)N=O. The molecule has 0 amide bonds. The van der Waals surface area contributed by atoms with Crippen LogP contribution in [-0.4, -0.2) is 69.4 Å². The third-order valence-electron chi connectivity index (χ3n) is 3.63. The van der Waals surface area contributed by atoms with Crippen LogP contribution < -0.4 is 0 Å². The first kappa shape index (κ1) is 19.8. The number of carbonyl (C=O) groups is 1. The Hall–Kier alpha value is -0.230. The van der Waals surface area contributed by atoms with E-state index in [2.05, 4.69) is 9.85 Å². The smallest absolute Gasteiger partial charge is 0.311 e. The fraction of sp³-hybridized carbons (Fsp3) is 0.929. The molecule has 0 aromatic heterocycles. The molecule has 1 rings (SSSR count). The lowest BCUT2D eigenvalue weighted by molar-refractivity contribution is -0.153. The monoisotopic (exact) mass is 351 g/mol. The van der Waals surface area contributed by atoms with Gasteiger partial charge in [0, 0.05) is 13.1 Å². The van der Waals surface area contributed by atoms with E-state index in [-0.39, 0.29) is 5.97 Å². The van der Waals surface area contributed by atoms with Crippen LogP contribution in [0.4, 0.5) is 0 Å². The van der Waals surface area contributed by atoms with Crippen molar-refractivity contribution in [3.05, 3.63) is 4.91 Å². The van der Waals surface area contributed by atoms with E-state index in [4.69, 9.17) is 9.47 Å².